The Labute approximate surface area is 79.5 Å². The lowest BCUT2D eigenvalue weighted by Gasteiger charge is -2.09. The molecule has 2 rings (SSSR count). The van der Waals surface area contributed by atoms with Gasteiger partial charge in [0.05, 0.1) is 6.04 Å². The van der Waals surface area contributed by atoms with Crippen LogP contribution in [0.4, 0.5) is 0 Å². The molecule has 1 nitrogen and oxygen atoms in total. The van der Waals surface area contributed by atoms with Crippen molar-refractivity contribution >= 4 is 5.71 Å². The predicted molar refractivity (Wildman–Crippen MR) is 56.5 cm³/mol. The van der Waals surface area contributed by atoms with E-state index in [4.69, 9.17) is 0 Å². The number of aliphatic imine (C=N–C) groups is 1. The van der Waals surface area contributed by atoms with Gasteiger partial charge in [0.2, 0.25) is 0 Å². The quantitative estimate of drug-likeness (QED) is 0.571. The van der Waals surface area contributed by atoms with Crippen molar-refractivity contribution in [3.05, 3.63) is 34.4 Å². The number of hydrogen-bond acceptors (Lipinski definition) is 1. The molecule has 1 aliphatic heterocycles. The zero-order valence-corrected chi connectivity index (χ0v) is 8.68. The van der Waals surface area contributed by atoms with E-state index in [1.54, 1.807) is 0 Å². The fourth-order valence-corrected chi connectivity index (χ4v) is 2.27. The highest BCUT2D eigenvalue weighted by atomic mass is 14.8. The molecule has 1 aliphatic rings. The molecule has 0 N–H and O–H groups in total. The maximum atomic E-state index is 4.60. The standard InChI is InChI=1S/C12H15N/c1-7-5-6-8(2)12-10(4)13-9(3)11(7)12/h5-6,9H,1-4H3. The molecule has 0 aliphatic carbocycles. The van der Waals surface area contributed by atoms with Gasteiger partial charge in [-0.1, -0.05) is 12.1 Å². The van der Waals surface area contributed by atoms with E-state index in [0.717, 1.165) is 0 Å². The number of aryl methyl sites for hydroxylation is 2. The first-order valence-electron chi connectivity index (χ1n) is 4.76. The summed E-state index contributed by atoms with van der Waals surface area (Å²) in [5.74, 6) is 0. The summed E-state index contributed by atoms with van der Waals surface area (Å²) >= 11 is 0. The molecule has 0 aromatic heterocycles. The lowest BCUT2D eigenvalue weighted by Crippen LogP contribution is -1.98. The van der Waals surface area contributed by atoms with Crippen LogP contribution in [-0.2, 0) is 0 Å². The number of benzene rings is 1. The van der Waals surface area contributed by atoms with Crippen LogP contribution in [0.25, 0.3) is 0 Å². The Kier molecular flexibility index (Phi) is 1.76. The summed E-state index contributed by atoms with van der Waals surface area (Å²) < 4.78 is 0. The number of hydrogen-bond donors (Lipinski definition) is 0. The van der Waals surface area contributed by atoms with Gasteiger partial charge < -0.3 is 0 Å². The molecule has 68 valence electrons. The van der Waals surface area contributed by atoms with Gasteiger partial charge in [0.15, 0.2) is 0 Å². The molecule has 0 saturated carbocycles. The number of nitrogens with zero attached hydrogens (tertiary/aromatic N) is 1. The molecule has 1 unspecified atom stereocenters. The molecule has 0 amide bonds. The molecule has 0 fully saturated rings. The summed E-state index contributed by atoms with van der Waals surface area (Å²) in [6.45, 7) is 8.61. The normalized spacial score (nSPS) is 20.0. The summed E-state index contributed by atoms with van der Waals surface area (Å²) in [5.41, 5.74) is 6.73. The Hall–Kier alpha value is -1.11. The fourth-order valence-electron chi connectivity index (χ4n) is 2.27. The molecule has 1 aromatic rings. The van der Waals surface area contributed by atoms with Gasteiger partial charge in [-0.05, 0) is 44.4 Å². The first-order chi connectivity index (χ1) is 6.11. The van der Waals surface area contributed by atoms with Crippen LogP contribution in [0.15, 0.2) is 17.1 Å². The van der Waals surface area contributed by atoms with Crippen LogP contribution >= 0.6 is 0 Å². The summed E-state index contributed by atoms with van der Waals surface area (Å²) in [4.78, 5) is 4.60. The van der Waals surface area contributed by atoms with E-state index in [9.17, 15) is 0 Å². The lowest BCUT2D eigenvalue weighted by atomic mass is 9.94. The Morgan fingerprint density at radius 3 is 2.31 bits per heavy atom. The zero-order chi connectivity index (χ0) is 9.59. The van der Waals surface area contributed by atoms with Crippen LogP contribution in [0.2, 0.25) is 0 Å². The topological polar surface area (TPSA) is 12.4 Å². The molecule has 0 bridgehead atoms. The molecule has 1 heterocycles. The number of rotatable bonds is 0. The van der Waals surface area contributed by atoms with Crippen LogP contribution in [0.5, 0.6) is 0 Å². The summed E-state index contributed by atoms with van der Waals surface area (Å²) in [7, 11) is 0. The fraction of sp³-hybridized carbons (Fsp3) is 0.417. The third-order valence-corrected chi connectivity index (χ3v) is 2.84. The maximum Gasteiger partial charge on any atom is 0.0733 e. The van der Waals surface area contributed by atoms with E-state index < -0.39 is 0 Å². The van der Waals surface area contributed by atoms with Crippen molar-refractivity contribution in [1.29, 1.82) is 0 Å². The lowest BCUT2D eigenvalue weighted by molar-refractivity contribution is 0.833. The van der Waals surface area contributed by atoms with Gasteiger partial charge in [-0.15, -0.1) is 0 Å². The minimum atomic E-state index is 0.356. The molecular weight excluding hydrogens is 158 g/mol. The minimum absolute atomic E-state index is 0.356. The smallest absolute Gasteiger partial charge is 0.0733 e. The van der Waals surface area contributed by atoms with Crippen molar-refractivity contribution in [2.75, 3.05) is 0 Å². The Balaban J connectivity index is 2.74. The van der Waals surface area contributed by atoms with E-state index in [0.29, 0.717) is 6.04 Å². The monoisotopic (exact) mass is 173 g/mol. The molecule has 0 radical (unpaired) electrons. The predicted octanol–water partition coefficient (Wildman–Crippen LogP) is 3.19. The van der Waals surface area contributed by atoms with E-state index in [1.165, 1.54) is 28.0 Å². The average molecular weight is 173 g/mol. The zero-order valence-electron chi connectivity index (χ0n) is 8.68. The van der Waals surface area contributed by atoms with Crippen molar-refractivity contribution in [3.63, 3.8) is 0 Å². The van der Waals surface area contributed by atoms with E-state index in [1.807, 2.05) is 0 Å². The largest absolute Gasteiger partial charge is 0.282 e. The maximum absolute atomic E-state index is 4.60. The van der Waals surface area contributed by atoms with Crippen molar-refractivity contribution in [3.8, 4) is 0 Å². The van der Waals surface area contributed by atoms with Gasteiger partial charge in [-0.25, -0.2) is 0 Å². The van der Waals surface area contributed by atoms with Crippen LogP contribution in [0.1, 0.15) is 42.1 Å². The van der Waals surface area contributed by atoms with E-state index >= 15 is 0 Å². The second-order valence-corrected chi connectivity index (χ2v) is 3.88. The third-order valence-electron chi connectivity index (χ3n) is 2.84. The van der Waals surface area contributed by atoms with Gasteiger partial charge in [-0.3, -0.25) is 4.99 Å². The van der Waals surface area contributed by atoms with Gasteiger partial charge in [0.25, 0.3) is 0 Å². The first kappa shape index (κ1) is 8.49. The molecular formula is C12H15N. The summed E-state index contributed by atoms with van der Waals surface area (Å²) in [6.07, 6.45) is 0. The third kappa shape index (κ3) is 1.11. The van der Waals surface area contributed by atoms with E-state index in [2.05, 4.69) is 44.8 Å². The van der Waals surface area contributed by atoms with Gasteiger partial charge in [0, 0.05) is 11.3 Å². The Morgan fingerprint density at radius 2 is 1.69 bits per heavy atom. The van der Waals surface area contributed by atoms with Crippen LogP contribution in [-0.4, -0.2) is 5.71 Å². The van der Waals surface area contributed by atoms with Gasteiger partial charge >= 0.3 is 0 Å². The SMILES string of the molecule is CC1=NC(C)c2c(C)ccc(C)c21. The van der Waals surface area contributed by atoms with Crippen molar-refractivity contribution in [2.24, 2.45) is 4.99 Å². The Bertz CT molecular complexity index is 388. The van der Waals surface area contributed by atoms with Crippen LogP contribution in [0.3, 0.4) is 0 Å². The second kappa shape index (κ2) is 2.69. The van der Waals surface area contributed by atoms with Gasteiger partial charge in [0.1, 0.15) is 0 Å². The van der Waals surface area contributed by atoms with Crippen molar-refractivity contribution in [1.82, 2.24) is 0 Å². The van der Waals surface area contributed by atoms with Crippen LogP contribution < -0.4 is 0 Å². The van der Waals surface area contributed by atoms with Crippen LogP contribution in [0, 0.1) is 13.8 Å². The molecule has 1 aromatic carbocycles. The van der Waals surface area contributed by atoms with Crippen molar-refractivity contribution < 1.29 is 0 Å². The Morgan fingerprint density at radius 1 is 1.08 bits per heavy atom. The highest BCUT2D eigenvalue weighted by Crippen LogP contribution is 2.33. The average Bonchev–Trinajstić information content (AvgIpc) is 2.36. The molecule has 1 heteroatoms. The summed E-state index contributed by atoms with van der Waals surface area (Å²) in [5, 5.41) is 0. The number of fused-ring (bicyclic) bond motifs is 1. The minimum Gasteiger partial charge on any atom is -0.282 e. The second-order valence-electron chi connectivity index (χ2n) is 3.88. The molecule has 1 atom stereocenters. The van der Waals surface area contributed by atoms with E-state index in [-0.39, 0.29) is 0 Å². The highest BCUT2D eigenvalue weighted by molar-refractivity contribution is 6.04. The summed E-state index contributed by atoms with van der Waals surface area (Å²) in [6, 6.07) is 4.74. The highest BCUT2D eigenvalue weighted by Gasteiger charge is 2.22. The first-order valence-corrected chi connectivity index (χ1v) is 4.76. The van der Waals surface area contributed by atoms with Gasteiger partial charge in [-0.2, -0.15) is 0 Å². The molecule has 0 saturated heterocycles. The molecule has 0 spiro atoms. The molecule has 13 heavy (non-hydrogen) atoms. The van der Waals surface area contributed by atoms with Crippen molar-refractivity contribution in [2.45, 2.75) is 33.7 Å².